The average Bonchev–Trinajstić information content (AvgIpc) is 3.47. The van der Waals surface area contributed by atoms with Crippen LogP contribution in [0.3, 0.4) is 0 Å². The van der Waals surface area contributed by atoms with Crippen molar-refractivity contribution in [3.63, 3.8) is 0 Å². The summed E-state index contributed by atoms with van der Waals surface area (Å²) in [6, 6.07) is 18.6. The lowest BCUT2D eigenvalue weighted by atomic mass is 9.84. The van der Waals surface area contributed by atoms with Crippen molar-refractivity contribution in [3.05, 3.63) is 107 Å². The molecule has 0 aromatic heterocycles. The van der Waals surface area contributed by atoms with Crippen LogP contribution in [0.4, 0.5) is 8.78 Å². The molecule has 2 fully saturated rings. The monoisotopic (exact) mass is 828 g/mol. The number of benzene rings is 4. The van der Waals surface area contributed by atoms with E-state index in [0.29, 0.717) is 52.5 Å². The van der Waals surface area contributed by atoms with Crippen LogP contribution in [0.15, 0.2) is 72.8 Å². The van der Waals surface area contributed by atoms with Crippen molar-refractivity contribution in [1.29, 1.82) is 0 Å². The molecule has 2 saturated heterocycles. The molecule has 0 N–H and O–H groups in total. The van der Waals surface area contributed by atoms with Gasteiger partial charge in [-0.2, -0.15) is 0 Å². The van der Waals surface area contributed by atoms with E-state index in [1.54, 1.807) is 24.3 Å². The van der Waals surface area contributed by atoms with Gasteiger partial charge < -0.3 is 37.9 Å². The Labute approximate surface area is 350 Å². The average molecular weight is 829 g/mol. The van der Waals surface area contributed by atoms with Crippen LogP contribution < -0.4 is 18.9 Å². The van der Waals surface area contributed by atoms with Crippen molar-refractivity contribution >= 4 is 11.9 Å². The molecule has 0 amide bonds. The van der Waals surface area contributed by atoms with Gasteiger partial charge in [0.2, 0.25) is 0 Å². The number of fused-ring (bicyclic) bond motifs is 3. The van der Waals surface area contributed by atoms with E-state index in [0.717, 1.165) is 47.9 Å². The van der Waals surface area contributed by atoms with Crippen molar-refractivity contribution in [2.45, 2.75) is 91.6 Å². The molecule has 2 atom stereocenters. The molecule has 0 spiro atoms. The predicted molar refractivity (Wildman–Crippen MR) is 220 cm³/mol. The van der Waals surface area contributed by atoms with E-state index in [-0.39, 0.29) is 50.9 Å². The van der Waals surface area contributed by atoms with Crippen molar-refractivity contribution in [2.75, 3.05) is 39.6 Å². The topological polar surface area (TPSA) is 108 Å². The molecule has 1 aliphatic carbocycles. The fourth-order valence-corrected chi connectivity index (χ4v) is 7.60. The van der Waals surface area contributed by atoms with Crippen molar-refractivity contribution in [2.24, 2.45) is 10.8 Å². The predicted octanol–water partition coefficient (Wildman–Crippen LogP) is 10.4. The second kappa shape index (κ2) is 18.8. The zero-order valence-electron chi connectivity index (χ0n) is 35.0. The third kappa shape index (κ3) is 9.52. The van der Waals surface area contributed by atoms with Gasteiger partial charge in [-0.05, 0) is 83.6 Å². The summed E-state index contributed by atoms with van der Waals surface area (Å²) in [6.07, 6.45) is 3.60. The number of hydrogen-bond acceptors (Lipinski definition) is 10. The summed E-state index contributed by atoms with van der Waals surface area (Å²) in [6.45, 7) is 13.8. The lowest BCUT2D eigenvalue weighted by Crippen LogP contribution is -2.46. The molecular weight excluding hydrogens is 775 g/mol. The van der Waals surface area contributed by atoms with Crippen molar-refractivity contribution < 1.29 is 56.3 Å². The van der Waals surface area contributed by atoms with Gasteiger partial charge in [0.05, 0.1) is 50.8 Å². The lowest BCUT2D eigenvalue weighted by Gasteiger charge is -2.41. The Balaban J connectivity index is 0.956. The van der Waals surface area contributed by atoms with Gasteiger partial charge in [-0.15, -0.1) is 0 Å². The number of carbonyl (C=O) groups is 2. The fraction of sp³-hybridized carbons (Fsp3) is 0.458. The number of carbonyl (C=O) groups excluding carboxylic acids is 2. The number of ether oxygens (including phenoxy) is 8. The van der Waals surface area contributed by atoms with Gasteiger partial charge in [0.25, 0.3) is 0 Å². The SMILES string of the molecule is CCCC(OCC1(CC)COC1)Oc1ccc(C(=O)Oc2ccc3c(c2)C(C)c2cc(OC(=O)c4ccc(OC(CCC)OCC5(CC)COC5)cc4F)ccc2-3)c(F)c1. The maximum absolute atomic E-state index is 15.3. The van der Waals surface area contributed by atoms with E-state index in [4.69, 9.17) is 37.9 Å². The largest absolute Gasteiger partial charge is 0.465 e. The number of hydrogen-bond donors (Lipinski definition) is 0. The minimum Gasteiger partial charge on any atom is -0.465 e. The second-order valence-corrected chi connectivity index (χ2v) is 16.3. The molecule has 2 aliphatic heterocycles. The molecule has 2 heterocycles. The highest BCUT2D eigenvalue weighted by molar-refractivity contribution is 5.93. The van der Waals surface area contributed by atoms with Crippen molar-refractivity contribution in [1.82, 2.24) is 0 Å². The summed E-state index contributed by atoms with van der Waals surface area (Å²) >= 11 is 0. The van der Waals surface area contributed by atoms with Crippen molar-refractivity contribution in [3.8, 4) is 34.1 Å². The molecule has 4 aromatic carbocycles. The molecule has 0 saturated carbocycles. The molecule has 0 bridgehead atoms. The van der Waals surface area contributed by atoms with E-state index in [2.05, 4.69) is 13.8 Å². The fourth-order valence-electron chi connectivity index (χ4n) is 7.60. The highest BCUT2D eigenvalue weighted by Gasteiger charge is 2.39. The maximum atomic E-state index is 15.3. The number of rotatable bonds is 20. The maximum Gasteiger partial charge on any atom is 0.346 e. The summed E-state index contributed by atoms with van der Waals surface area (Å²) in [7, 11) is 0. The summed E-state index contributed by atoms with van der Waals surface area (Å²) in [5, 5.41) is 0. The Morgan fingerprint density at radius 1 is 0.617 bits per heavy atom. The highest BCUT2D eigenvalue weighted by atomic mass is 19.1. The summed E-state index contributed by atoms with van der Waals surface area (Å²) < 4.78 is 76.8. The van der Waals surface area contributed by atoms with E-state index in [1.807, 2.05) is 32.9 Å². The minimum absolute atomic E-state index is 0.0175. The Kier molecular flexibility index (Phi) is 13.5. The van der Waals surface area contributed by atoms with Gasteiger partial charge >= 0.3 is 11.9 Å². The minimum atomic E-state index is -0.849. The smallest absolute Gasteiger partial charge is 0.346 e. The van der Waals surface area contributed by atoms with Gasteiger partial charge in [-0.25, -0.2) is 18.4 Å². The van der Waals surface area contributed by atoms with Crippen LogP contribution in [0.5, 0.6) is 23.0 Å². The van der Waals surface area contributed by atoms with Crippen LogP contribution in [0.1, 0.15) is 111 Å². The van der Waals surface area contributed by atoms with Gasteiger partial charge in [-0.1, -0.05) is 59.6 Å². The summed E-state index contributed by atoms with van der Waals surface area (Å²) in [4.78, 5) is 26.4. The summed E-state index contributed by atoms with van der Waals surface area (Å²) in [5.41, 5.74) is 3.08. The molecule has 4 aromatic rings. The third-order valence-corrected chi connectivity index (χ3v) is 11.9. The third-order valence-electron chi connectivity index (χ3n) is 11.9. The Morgan fingerprint density at radius 3 is 1.35 bits per heavy atom. The van der Waals surface area contributed by atoms with Gasteiger partial charge in [0.1, 0.15) is 34.6 Å². The second-order valence-electron chi connectivity index (χ2n) is 16.3. The van der Waals surface area contributed by atoms with Crippen LogP contribution >= 0.6 is 0 Å². The standard InChI is InChI=1S/C48H54F2O10/c1-6-10-43(55-28-47(8-3)24-53-25-47)57-33-14-18-37(41(49)22-33)45(51)59-31-12-16-35-36-17-13-32(21-40(36)30(5)39(35)20-31)60-46(52)38-19-15-34(23-42(38)50)58-44(11-7-2)56-29-48(9-4)26-54-27-48/h12-23,30,43-44H,6-11,24-29H2,1-5H3. The first kappa shape index (κ1) is 43.2. The molecule has 0 radical (unpaired) electrons. The zero-order chi connectivity index (χ0) is 42.4. The van der Waals surface area contributed by atoms with E-state index in [1.165, 1.54) is 36.4 Å². The zero-order valence-corrected chi connectivity index (χ0v) is 35.0. The molecule has 60 heavy (non-hydrogen) atoms. The van der Waals surface area contributed by atoms with Gasteiger partial charge in [0.15, 0.2) is 12.6 Å². The first-order chi connectivity index (χ1) is 29.0. The number of halogens is 2. The molecule has 3 aliphatic rings. The molecule has 12 heteroatoms. The van der Waals surface area contributed by atoms with Gasteiger partial charge in [-0.3, -0.25) is 0 Å². The van der Waals surface area contributed by atoms with Crippen LogP contribution in [-0.4, -0.2) is 64.2 Å². The van der Waals surface area contributed by atoms with E-state index < -0.39 is 36.2 Å². The Bertz CT molecular complexity index is 2000. The van der Waals surface area contributed by atoms with Crippen LogP contribution in [-0.2, 0) is 18.9 Å². The molecule has 10 nitrogen and oxygen atoms in total. The van der Waals surface area contributed by atoms with E-state index >= 15 is 8.78 Å². The first-order valence-electron chi connectivity index (χ1n) is 21.0. The highest BCUT2D eigenvalue weighted by Crippen LogP contribution is 2.47. The normalized spacial score (nSPS) is 17.9. The van der Waals surface area contributed by atoms with Crippen LogP contribution in [0.2, 0.25) is 0 Å². The first-order valence-corrected chi connectivity index (χ1v) is 21.0. The van der Waals surface area contributed by atoms with E-state index in [9.17, 15) is 9.59 Å². The molecular formula is C48H54F2O10. The molecule has 2 unspecified atom stereocenters. The summed E-state index contributed by atoms with van der Waals surface area (Å²) in [5.74, 6) is -2.41. The quantitative estimate of drug-likeness (QED) is 0.0485. The molecule has 7 rings (SSSR count). The molecule has 320 valence electrons. The lowest BCUT2D eigenvalue weighted by molar-refractivity contribution is -0.188. The van der Waals surface area contributed by atoms with Crippen LogP contribution in [0, 0.1) is 22.5 Å². The Hall–Kier alpha value is -4.88. The van der Waals surface area contributed by atoms with Gasteiger partial charge in [0, 0.05) is 41.7 Å². The Morgan fingerprint density at radius 2 is 1.02 bits per heavy atom. The van der Waals surface area contributed by atoms with Crippen LogP contribution in [0.25, 0.3) is 11.1 Å². The number of esters is 2.